The van der Waals surface area contributed by atoms with Crippen LogP contribution >= 0.6 is 0 Å². The first-order chi connectivity index (χ1) is 28.4. The molecule has 1 unspecified atom stereocenters. The molecule has 59 heavy (non-hydrogen) atoms. The van der Waals surface area contributed by atoms with Crippen molar-refractivity contribution in [2.75, 3.05) is 33.0 Å². The summed E-state index contributed by atoms with van der Waals surface area (Å²) in [5, 5.41) is 20.4. The molecule has 0 bridgehead atoms. The lowest BCUT2D eigenvalue weighted by molar-refractivity contribution is -0.139. The van der Waals surface area contributed by atoms with Gasteiger partial charge < -0.3 is 24.4 Å². The molecule has 324 valence electrons. The van der Waals surface area contributed by atoms with Gasteiger partial charge in [0.15, 0.2) is 0 Å². The smallest absolute Gasteiger partial charge is 0.333 e. The Morgan fingerprint density at radius 3 is 1.93 bits per heavy atom. The second-order valence-electron chi connectivity index (χ2n) is 17.2. The van der Waals surface area contributed by atoms with Crippen LogP contribution in [0.15, 0.2) is 72.9 Å². The van der Waals surface area contributed by atoms with Crippen LogP contribution in [0.5, 0.6) is 5.75 Å². The number of aliphatic hydroxyl groups excluding tert-OH is 2. The van der Waals surface area contributed by atoms with Crippen LogP contribution in [0.25, 0.3) is 16.7 Å². The van der Waals surface area contributed by atoms with Crippen LogP contribution in [-0.2, 0) is 31.9 Å². The first-order valence-corrected chi connectivity index (χ1v) is 22.3. The number of allylic oxidation sites excluding steroid dienone is 4. The van der Waals surface area contributed by atoms with Crippen LogP contribution in [0.1, 0.15) is 134 Å². The Morgan fingerprint density at radius 1 is 0.797 bits per heavy atom. The van der Waals surface area contributed by atoms with Gasteiger partial charge in [-0.1, -0.05) is 102 Å². The maximum absolute atomic E-state index is 16.3. The first-order valence-electron chi connectivity index (χ1n) is 22.3. The van der Waals surface area contributed by atoms with E-state index in [-0.39, 0.29) is 38.9 Å². The van der Waals surface area contributed by atoms with Crippen LogP contribution < -0.4 is 4.74 Å². The number of rotatable bonds is 25. The minimum Gasteiger partial charge on any atom is -0.493 e. The number of hydrogen-bond acceptors (Lipinski definition) is 7. The summed E-state index contributed by atoms with van der Waals surface area (Å²) in [5.41, 5.74) is 4.65. The van der Waals surface area contributed by atoms with Crippen molar-refractivity contribution in [3.05, 3.63) is 95.4 Å². The molecule has 4 rings (SSSR count). The Kier molecular flexibility index (Phi) is 19.6. The van der Waals surface area contributed by atoms with Gasteiger partial charge >= 0.3 is 11.9 Å². The number of aryl methyl sites for hydroxylation is 2. The third-order valence-corrected chi connectivity index (χ3v) is 12.4. The van der Waals surface area contributed by atoms with E-state index >= 15 is 4.39 Å². The maximum atomic E-state index is 16.3. The molecule has 0 amide bonds. The highest BCUT2D eigenvalue weighted by atomic mass is 19.1. The molecule has 2 aromatic carbocycles. The van der Waals surface area contributed by atoms with Crippen molar-refractivity contribution in [3.63, 3.8) is 0 Å². The fourth-order valence-electron chi connectivity index (χ4n) is 8.68. The fourth-order valence-corrected chi connectivity index (χ4v) is 8.68. The number of carbonyl (C=O) groups is 2. The van der Waals surface area contributed by atoms with E-state index in [1.165, 1.54) is 51.4 Å². The lowest BCUT2D eigenvalue weighted by Gasteiger charge is -2.33. The maximum Gasteiger partial charge on any atom is 0.333 e. The van der Waals surface area contributed by atoms with Crippen LogP contribution in [0.2, 0.25) is 0 Å². The number of hydrogen-bond donors (Lipinski definition) is 2. The first kappa shape index (κ1) is 47.7. The van der Waals surface area contributed by atoms with Crippen molar-refractivity contribution in [2.45, 2.75) is 130 Å². The SMILES string of the molecule is C=C(C)C(=O)OCCCc1cc(-c2ccc(C3=CCC(C4CCC(CCCCC)CC4)C=C3)cc2F)cc(CCCOC(=O)C(=C)C)c1OCCC(CO)(CO)CCC. The highest BCUT2D eigenvalue weighted by Crippen LogP contribution is 2.41. The van der Waals surface area contributed by atoms with E-state index in [0.717, 1.165) is 46.9 Å². The summed E-state index contributed by atoms with van der Waals surface area (Å²) in [4.78, 5) is 24.3. The molecule has 2 aliphatic rings. The van der Waals surface area contributed by atoms with Crippen molar-refractivity contribution < 1.29 is 38.4 Å². The number of aliphatic hydroxyl groups is 2. The lowest BCUT2D eigenvalue weighted by atomic mass is 9.72. The average molecular weight is 815 g/mol. The van der Waals surface area contributed by atoms with Crippen molar-refractivity contribution in [2.24, 2.45) is 23.2 Å². The minimum atomic E-state index is -0.676. The van der Waals surface area contributed by atoms with Crippen LogP contribution in [-0.4, -0.2) is 55.2 Å². The Hall–Kier alpha value is -4.01. The van der Waals surface area contributed by atoms with Gasteiger partial charge in [-0.25, -0.2) is 14.0 Å². The number of halogens is 1. The summed E-state index contributed by atoms with van der Waals surface area (Å²) in [7, 11) is 0. The zero-order valence-electron chi connectivity index (χ0n) is 36.4. The van der Waals surface area contributed by atoms with Crippen LogP contribution in [0.3, 0.4) is 0 Å². The summed E-state index contributed by atoms with van der Waals surface area (Å²) in [6, 6.07) is 9.35. The normalized spacial score (nSPS) is 17.9. The molecular formula is C51H71FO7. The standard InChI is InChI=1S/C51H71FO7/c1-7-9-10-13-38-16-18-39(19-17-38)40-20-22-41(23-21-40)42-24-25-46(47(52)33-42)45-31-43(14-11-28-58-49(55)36(3)4)48(57-30-27-51(34-53,35-54)26-8-2)44(32-45)15-12-29-59-50(56)37(5)6/h20,22-25,31-33,38-40,53-54H,3,5,7-19,21,26-30,34-35H2,1-2,4,6H3. The summed E-state index contributed by atoms with van der Waals surface area (Å²) < 4.78 is 33.7. The predicted molar refractivity (Wildman–Crippen MR) is 236 cm³/mol. The molecule has 2 N–H and O–H groups in total. The molecule has 2 aromatic rings. The molecule has 7 nitrogen and oxygen atoms in total. The van der Waals surface area contributed by atoms with E-state index in [1.807, 2.05) is 31.2 Å². The fraction of sp³-hybridized carbons (Fsp3) is 0.569. The number of esters is 2. The van der Waals surface area contributed by atoms with Crippen molar-refractivity contribution in [3.8, 4) is 16.9 Å². The molecule has 0 aliphatic heterocycles. The number of ether oxygens (including phenoxy) is 3. The Labute approximate surface area is 353 Å². The van der Waals surface area contributed by atoms with Gasteiger partial charge in [0.2, 0.25) is 0 Å². The van der Waals surface area contributed by atoms with Crippen molar-refractivity contribution in [1.29, 1.82) is 0 Å². The number of benzene rings is 2. The largest absolute Gasteiger partial charge is 0.493 e. The van der Waals surface area contributed by atoms with Crippen molar-refractivity contribution in [1.82, 2.24) is 0 Å². The van der Waals surface area contributed by atoms with Gasteiger partial charge in [-0.15, -0.1) is 0 Å². The molecule has 1 fully saturated rings. The van der Waals surface area contributed by atoms with E-state index in [9.17, 15) is 19.8 Å². The molecule has 8 heteroatoms. The molecule has 1 saturated carbocycles. The highest BCUT2D eigenvalue weighted by Gasteiger charge is 2.29. The predicted octanol–water partition coefficient (Wildman–Crippen LogP) is 11.5. The number of carbonyl (C=O) groups excluding carboxylic acids is 2. The van der Waals surface area contributed by atoms with Gasteiger partial charge in [0, 0.05) is 22.1 Å². The van der Waals surface area contributed by atoms with E-state index in [1.54, 1.807) is 19.9 Å². The second-order valence-corrected chi connectivity index (χ2v) is 17.2. The summed E-state index contributed by atoms with van der Waals surface area (Å²) in [6.07, 6.45) is 22.3. The summed E-state index contributed by atoms with van der Waals surface area (Å²) in [6.45, 7) is 15.1. The van der Waals surface area contributed by atoms with E-state index < -0.39 is 17.4 Å². The van der Waals surface area contributed by atoms with Gasteiger partial charge in [0.05, 0.1) is 33.0 Å². The highest BCUT2D eigenvalue weighted by molar-refractivity contribution is 5.87. The lowest BCUT2D eigenvalue weighted by Crippen LogP contribution is -2.31. The topological polar surface area (TPSA) is 102 Å². The monoisotopic (exact) mass is 815 g/mol. The van der Waals surface area contributed by atoms with Gasteiger partial charge in [-0.3, -0.25) is 0 Å². The van der Waals surface area contributed by atoms with E-state index in [0.29, 0.717) is 72.5 Å². The van der Waals surface area contributed by atoms with Crippen molar-refractivity contribution >= 4 is 17.5 Å². The Morgan fingerprint density at radius 2 is 1.42 bits per heavy atom. The average Bonchev–Trinajstić information content (AvgIpc) is 3.24. The minimum absolute atomic E-state index is 0.162. The molecule has 0 radical (unpaired) electrons. The summed E-state index contributed by atoms with van der Waals surface area (Å²) >= 11 is 0. The summed E-state index contributed by atoms with van der Waals surface area (Å²) in [5.74, 6) is 1.54. The van der Waals surface area contributed by atoms with Gasteiger partial charge in [-0.2, -0.15) is 0 Å². The molecule has 2 aliphatic carbocycles. The number of unbranched alkanes of at least 4 members (excludes halogenated alkanes) is 2. The molecule has 0 spiro atoms. The third kappa shape index (κ3) is 14.3. The molecule has 1 atom stereocenters. The van der Waals surface area contributed by atoms with Crippen LogP contribution in [0, 0.1) is 29.0 Å². The zero-order chi connectivity index (χ0) is 42.8. The molecular weight excluding hydrogens is 744 g/mol. The van der Waals surface area contributed by atoms with E-state index in [4.69, 9.17) is 14.2 Å². The Bertz CT molecular complexity index is 1710. The van der Waals surface area contributed by atoms with Gasteiger partial charge in [0.1, 0.15) is 11.6 Å². The second kappa shape index (κ2) is 24.3. The van der Waals surface area contributed by atoms with Gasteiger partial charge in [-0.05, 0) is 135 Å². The van der Waals surface area contributed by atoms with Crippen LogP contribution in [0.4, 0.5) is 4.39 Å². The quantitative estimate of drug-likeness (QED) is 0.0584. The zero-order valence-corrected chi connectivity index (χ0v) is 36.4. The van der Waals surface area contributed by atoms with E-state index in [2.05, 4.69) is 38.3 Å². The Balaban J connectivity index is 1.59. The third-order valence-electron chi connectivity index (χ3n) is 12.4. The molecule has 0 aromatic heterocycles. The van der Waals surface area contributed by atoms with Gasteiger partial charge in [0.25, 0.3) is 0 Å². The molecule has 0 saturated heterocycles. The molecule has 0 heterocycles.